The maximum absolute atomic E-state index is 11.8. The molecule has 0 N–H and O–H groups in total. The number of likely N-dealkylation sites (tertiary alicyclic amines) is 2. The second-order valence-electron chi connectivity index (χ2n) is 8.56. The van der Waals surface area contributed by atoms with E-state index in [4.69, 9.17) is 4.74 Å². The minimum absolute atomic E-state index is 0.302. The van der Waals surface area contributed by atoms with Gasteiger partial charge in [-0.15, -0.1) is 0 Å². The first-order valence-electron chi connectivity index (χ1n) is 11.3. The molecule has 5 heteroatoms. The van der Waals surface area contributed by atoms with Crippen molar-refractivity contribution in [2.75, 3.05) is 32.8 Å². The van der Waals surface area contributed by atoms with Crippen molar-refractivity contribution in [1.82, 2.24) is 9.80 Å². The van der Waals surface area contributed by atoms with Gasteiger partial charge in [-0.3, -0.25) is 9.69 Å². The molecule has 2 aliphatic heterocycles. The van der Waals surface area contributed by atoms with Crippen LogP contribution in [-0.2, 0) is 9.59 Å². The minimum atomic E-state index is 0.302. The van der Waals surface area contributed by atoms with Gasteiger partial charge in [0.25, 0.3) is 0 Å². The number of hydrogen-bond donors (Lipinski definition) is 0. The molecule has 5 nitrogen and oxygen atoms in total. The van der Waals surface area contributed by atoms with E-state index in [1.54, 1.807) is 0 Å². The summed E-state index contributed by atoms with van der Waals surface area (Å²) in [5, 5.41) is 0. The number of aryl methyl sites for hydroxylation is 1. The molecule has 0 radical (unpaired) electrons. The van der Waals surface area contributed by atoms with Gasteiger partial charge in [0, 0.05) is 32.1 Å². The number of unbranched alkanes of at least 4 members (excludes halogenated alkanes) is 1. The van der Waals surface area contributed by atoms with Gasteiger partial charge in [-0.1, -0.05) is 25.5 Å². The highest BCUT2D eigenvalue weighted by Crippen LogP contribution is 2.35. The fraction of sp³-hybridized carbons (Fsp3) is 0.667. The van der Waals surface area contributed by atoms with Crippen LogP contribution in [0.4, 0.5) is 0 Å². The Morgan fingerprint density at radius 1 is 1.28 bits per heavy atom. The molecule has 2 heterocycles. The molecule has 29 heavy (non-hydrogen) atoms. The number of ether oxygens (including phenoxy) is 1. The van der Waals surface area contributed by atoms with Crippen molar-refractivity contribution in [3.8, 4) is 5.75 Å². The number of benzene rings is 1. The average Bonchev–Trinajstić information content (AvgIpc) is 3.30. The highest BCUT2D eigenvalue weighted by molar-refractivity contribution is 5.77. The predicted molar refractivity (Wildman–Crippen MR) is 115 cm³/mol. The van der Waals surface area contributed by atoms with Gasteiger partial charge >= 0.3 is 0 Å². The summed E-state index contributed by atoms with van der Waals surface area (Å²) in [6, 6.07) is 6.99. The maximum Gasteiger partial charge on any atom is 0.222 e. The molecule has 2 fully saturated rings. The number of nitrogens with zero attached hydrogens (tertiary/aromatic N) is 2. The van der Waals surface area contributed by atoms with Crippen LogP contribution in [0, 0.1) is 6.92 Å². The number of rotatable bonds is 11. The van der Waals surface area contributed by atoms with Crippen LogP contribution < -0.4 is 4.74 Å². The van der Waals surface area contributed by atoms with Crippen molar-refractivity contribution in [3.05, 3.63) is 29.3 Å². The van der Waals surface area contributed by atoms with Crippen molar-refractivity contribution in [1.29, 1.82) is 0 Å². The largest absolute Gasteiger partial charge is 0.493 e. The maximum atomic E-state index is 11.8. The van der Waals surface area contributed by atoms with Crippen LogP contribution in [0.3, 0.4) is 0 Å². The lowest BCUT2D eigenvalue weighted by Gasteiger charge is -2.23. The Labute approximate surface area is 175 Å². The lowest BCUT2D eigenvalue weighted by Crippen LogP contribution is -2.32. The summed E-state index contributed by atoms with van der Waals surface area (Å²) in [5.74, 6) is 1.74. The first kappa shape index (κ1) is 21.8. The summed E-state index contributed by atoms with van der Waals surface area (Å²) < 4.78 is 5.90. The van der Waals surface area contributed by atoms with Gasteiger partial charge in [-0.05, 0) is 62.1 Å². The number of hydrogen-bond acceptors (Lipinski definition) is 4. The molecule has 2 saturated heterocycles. The normalized spacial score (nSPS) is 22.4. The molecule has 0 bridgehead atoms. The summed E-state index contributed by atoms with van der Waals surface area (Å²) in [6.07, 6.45) is 8.09. The SMILES string of the molecule is CCCCOc1ccc(C2CC(CCCN3CCCC3=O)N(CC=O)C2)cc1C. The molecule has 1 amide bonds. The van der Waals surface area contributed by atoms with Crippen LogP contribution in [-0.4, -0.2) is 60.8 Å². The Balaban J connectivity index is 1.56. The van der Waals surface area contributed by atoms with Gasteiger partial charge in [0.2, 0.25) is 5.91 Å². The van der Waals surface area contributed by atoms with E-state index in [-0.39, 0.29) is 0 Å². The fourth-order valence-electron chi connectivity index (χ4n) is 4.72. The van der Waals surface area contributed by atoms with E-state index in [1.807, 2.05) is 4.90 Å². The second kappa shape index (κ2) is 10.8. The van der Waals surface area contributed by atoms with E-state index in [2.05, 4.69) is 36.9 Å². The zero-order chi connectivity index (χ0) is 20.6. The third-order valence-electron chi connectivity index (χ3n) is 6.40. The van der Waals surface area contributed by atoms with Crippen molar-refractivity contribution in [2.45, 2.75) is 70.8 Å². The molecule has 0 aromatic heterocycles. The van der Waals surface area contributed by atoms with Crippen LogP contribution in [0.2, 0.25) is 0 Å². The van der Waals surface area contributed by atoms with E-state index in [0.29, 0.717) is 30.8 Å². The van der Waals surface area contributed by atoms with Gasteiger partial charge < -0.3 is 14.4 Å². The van der Waals surface area contributed by atoms with Gasteiger partial charge in [-0.25, -0.2) is 0 Å². The molecule has 160 valence electrons. The number of amides is 1. The Morgan fingerprint density at radius 2 is 2.14 bits per heavy atom. The summed E-state index contributed by atoms with van der Waals surface area (Å²) >= 11 is 0. The molecule has 0 aliphatic carbocycles. The molecule has 1 aromatic rings. The van der Waals surface area contributed by atoms with E-state index in [9.17, 15) is 9.59 Å². The van der Waals surface area contributed by atoms with Crippen LogP contribution in [0.25, 0.3) is 0 Å². The lowest BCUT2D eigenvalue weighted by molar-refractivity contribution is -0.127. The van der Waals surface area contributed by atoms with Gasteiger partial charge in [0.15, 0.2) is 0 Å². The van der Waals surface area contributed by atoms with Crippen molar-refractivity contribution in [3.63, 3.8) is 0 Å². The molecule has 3 rings (SSSR count). The van der Waals surface area contributed by atoms with Crippen LogP contribution in [0.5, 0.6) is 5.75 Å². The summed E-state index contributed by atoms with van der Waals surface area (Å²) in [6.45, 7) is 8.27. The molecule has 1 aromatic carbocycles. The summed E-state index contributed by atoms with van der Waals surface area (Å²) in [4.78, 5) is 27.3. The van der Waals surface area contributed by atoms with Gasteiger partial charge in [-0.2, -0.15) is 0 Å². The highest BCUT2D eigenvalue weighted by Gasteiger charge is 2.32. The first-order chi connectivity index (χ1) is 14.1. The van der Waals surface area contributed by atoms with Crippen LogP contribution in [0.15, 0.2) is 18.2 Å². The number of carbonyl (C=O) groups excluding carboxylic acids is 2. The minimum Gasteiger partial charge on any atom is -0.493 e. The zero-order valence-electron chi connectivity index (χ0n) is 18.1. The molecule has 2 unspecified atom stereocenters. The Hall–Kier alpha value is -1.88. The Bertz CT molecular complexity index is 691. The van der Waals surface area contributed by atoms with E-state index < -0.39 is 0 Å². The molecule has 0 spiro atoms. The number of aldehydes is 1. The van der Waals surface area contributed by atoms with Crippen molar-refractivity contribution in [2.24, 2.45) is 0 Å². The second-order valence-corrected chi connectivity index (χ2v) is 8.56. The third kappa shape index (κ3) is 5.81. The molecule has 0 saturated carbocycles. The van der Waals surface area contributed by atoms with E-state index in [0.717, 1.165) is 76.8 Å². The monoisotopic (exact) mass is 400 g/mol. The van der Waals surface area contributed by atoms with Crippen molar-refractivity contribution >= 4 is 12.2 Å². The van der Waals surface area contributed by atoms with E-state index in [1.165, 1.54) is 11.1 Å². The van der Waals surface area contributed by atoms with Crippen molar-refractivity contribution < 1.29 is 14.3 Å². The van der Waals surface area contributed by atoms with Gasteiger partial charge in [0.05, 0.1) is 13.2 Å². The lowest BCUT2D eigenvalue weighted by atomic mass is 9.93. The topological polar surface area (TPSA) is 49.9 Å². The molecule has 2 aliphatic rings. The average molecular weight is 401 g/mol. The smallest absolute Gasteiger partial charge is 0.222 e. The first-order valence-corrected chi connectivity index (χ1v) is 11.3. The number of carbonyl (C=O) groups is 2. The van der Waals surface area contributed by atoms with Gasteiger partial charge in [0.1, 0.15) is 12.0 Å². The molecule has 2 atom stereocenters. The quantitative estimate of drug-likeness (QED) is 0.417. The van der Waals surface area contributed by atoms with E-state index >= 15 is 0 Å². The summed E-state index contributed by atoms with van der Waals surface area (Å²) in [7, 11) is 0. The standard InChI is InChI=1S/C24H36N2O3/c1-3-4-15-29-23-10-9-20(16-19(23)2)21-17-22(26(18-21)13-14-27)7-5-11-25-12-6-8-24(25)28/h9-10,14,16,21-22H,3-8,11-13,15,17-18H2,1-2H3. The Kier molecular flexibility index (Phi) is 8.10. The molecular formula is C24H36N2O3. The third-order valence-corrected chi connectivity index (χ3v) is 6.40. The highest BCUT2D eigenvalue weighted by atomic mass is 16.5. The van der Waals surface area contributed by atoms with Crippen LogP contribution >= 0.6 is 0 Å². The zero-order valence-corrected chi connectivity index (χ0v) is 18.1. The Morgan fingerprint density at radius 3 is 2.83 bits per heavy atom. The predicted octanol–water partition coefficient (Wildman–Crippen LogP) is 3.93. The molecular weight excluding hydrogens is 364 g/mol. The van der Waals surface area contributed by atoms with Crippen LogP contribution in [0.1, 0.15) is 68.9 Å². The summed E-state index contributed by atoms with van der Waals surface area (Å²) in [5.41, 5.74) is 2.54. The fourth-order valence-corrected chi connectivity index (χ4v) is 4.72.